The van der Waals surface area contributed by atoms with Gasteiger partial charge in [0.1, 0.15) is 0 Å². The summed E-state index contributed by atoms with van der Waals surface area (Å²) in [5, 5.41) is -0.492. The molecule has 0 aromatic carbocycles. The summed E-state index contributed by atoms with van der Waals surface area (Å²) >= 11 is 0. The van der Waals surface area contributed by atoms with Crippen molar-refractivity contribution in [3.05, 3.63) is 0 Å². The molecule has 0 aromatic heterocycles. The predicted molar refractivity (Wildman–Crippen MR) is 54.3 cm³/mol. The molecular formula is C7H15NO4S2. The predicted octanol–water partition coefficient (Wildman–Crippen LogP) is -0.545. The molecule has 0 aromatic rings. The molecule has 0 unspecified atom stereocenters. The summed E-state index contributed by atoms with van der Waals surface area (Å²) in [7, 11) is -6.26. The number of nitrogens with zero attached hydrogens (tertiary/aromatic N) is 1. The zero-order valence-electron chi connectivity index (χ0n) is 8.30. The van der Waals surface area contributed by atoms with E-state index < -0.39 is 25.1 Å². The molecule has 0 N–H and O–H groups in total. The van der Waals surface area contributed by atoms with Crippen molar-refractivity contribution in [2.45, 2.75) is 19.1 Å². The first kappa shape index (κ1) is 11.9. The van der Waals surface area contributed by atoms with Crippen LogP contribution >= 0.6 is 0 Å². The third kappa shape index (κ3) is 2.09. The van der Waals surface area contributed by atoms with Crippen LogP contribution in [0.4, 0.5) is 0 Å². The van der Waals surface area contributed by atoms with Gasteiger partial charge < -0.3 is 0 Å². The molecule has 1 saturated heterocycles. The van der Waals surface area contributed by atoms with Crippen LogP contribution in [-0.2, 0) is 19.9 Å². The Labute approximate surface area is 85.1 Å². The lowest BCUT2D eigenvalue weighted by atomic mass is 10.3. The SMILES string of the molecule is CCS(=O)(=O)C1CN(S(=O)(=O)CC)C1. The Kier molecular flexibility index (Phi) is 3.23. The van der Waals surface area contributed by atoms with E-state index in [1.54, 1.807) is 13.8 Å². The lowest BCUT2D eigenvalue weighted by Gasteiger charge is -2.36. The zero-order valence-corrected chi connectivity index (χ0v) is 9.94. The fourth-order valence-electron chi connectivity index (χ4n) is 1.27. The van der Waals surface area contributed by atoms with Crippen molar-refractivity contribution >= 4 is 19.9 Å². The van der Waals surface area contributed by atoms with E-state index in [9.17, 15) is 16.8 Å². The molecule has 84 valence electrons. The molecule has 1 heterocycles. The number of sulfonamides is 1. The van der Waals surface area contributed by atoms with Gasteiger partial charge in [-0.25, -0.2) is 16.8 Å². The monoisotopic (exact) mass is 241 g/mol. The van der Waals surface area contributed by atoms with Crippen molar-refractivity contribution in [3.8, 4) is 0 Å². The highest BCUT2D eigenvalue weighted by Crippen LogP contribution is 2.20. The summed E-state index contributed by atoms with van der Waals surface area (Å²) in [5.74, 6) is 0.115. The molecule has 1 rings (SSSR count). The number of sulfone groups is 1. The van der Waals surface area contributed by atoms with Gasteiger partial charge in [0.25, 0.3) is 0 Å². The van der Waals surface area contributed by atoms with Crippen LogP contribution < -0.4 is 0 Å². The first-order chi connectivity index (χ1) is 6.33. The van der Waals surface area contributed by atoms with Gasteiger partial charge in [0.15, 0.2) is 9.84 Å². The van der Waals surface area contributed by atoms with E-state index >= 15 is 0 Å². The third-order valence-electron chi connectivity index (χ3n) is 2.48. The van der Waals surface area contributed by atoms with E-state index in [1.165, 1.54) is 4.31 Å². The number of rotatable bonds is 4. The summed E-state index contributed by atoms with van der Waals surface area (Å²) in [4.78, 5) is 0. The quantitative estimate of drug-likeness (QED) is 0.662. The molecule has 1 aliphatic heterocycles. The Morgan fingerprint density at radius 3 is 1.93 bits per heavy atom. The van der Waals surface area contributed by atoms with E-state index in [-0.39, 0.29) is 24.6 Å². The fraction of sp³-hybridized carbons (Fsp3) is 1.00. The van der Waals surface area contributed by atoms with E-state index in [1.807, 2.05) is 0 Å². The second-order valence-corrected chi connectivity index (χ2v) is 8.12. The molecule has 0 atom stereocenters. The lowest BCUT2D eigenvalue weighted by molar-refractivity contribution is 0.310. The van der Waals surface area contributed by atoms with Crippen molar-refractivity contribution in [1.29, 1.82) is 0 Å². The molecule has 0 amide bonds. The molecule has 7 heteroatoms. The molecular weight excluding hydrogens is 226 g/mol. The molecule has 1 fully saturated rings. The van der Waals surface area contributed by atoms with E-state index in [0.717, 1.165) is 0 Å². The average molecular weight is 241 g/mol. The Balaban J connectivity index is 2.62. The molecule has 0 saturated carbocycles. The van der Waals surface area contributed by atoms with Gasteiger partial charge in [-0.3, -0.25) is 0 Å². The molecule has 1 aliphatic rings. The highest BCUT2D eigenvalue weighted by Gasteiger charge is 2.41. The normalized spacial score (nSPS) is 20.7. The van der Waals surface area contributed by atoms with Gasteiger partial charge in [-0.05, 0) is 6.92 Å². The van der Waals surface area contributed by atoms with Crippen molar-refractivity contribution < 1.29 is 16.8 Å². The minimum Gasteiger partial charge on any atom is -0.228 e. The minimum atomic E-state index is -3.19. The largest absolute Gasteiger partial charge is 0.228 e. The van der Waals surface area contributed by atoms with Crippen LogP contribution in [0.2, 0.25) is 0 Å². The summed E-state index contributed by atoms with van der Waals surface area (Å²) < 4.78 is 46.4. The molecule has 0 radical (unpaired) electrons. The van der Waals surface area contributed by atoms with E-state index in [0.29, 0.717) is 0 Å². The Morgan fingerprint density at radius 1 is 1.07 bits per heavy atom. The van der Waals surface area contributed by atoms with Gasteiger partial charge in [-0.2, -0.15) is 4.31 Å². The van der Waals surface area contributed by atoms with Gasteiger partial charge in [-0.1, -0.05) is 6.92 Å². The first-order valence-corrected chi connectivity index (χ1v) is 7.85. The summed E-state index contributed by atoms with van der Waals surface area (Å²) in [6.45, 7) is 3.39. The zero-order chi connectivity index (χ0) is 11.0. The highest BCUT2D eigenvalue weighted by molar-refractivity contribution is 7.92. The molecule has 0 bridgehead atoms. The maximum Gasteiger partial charge on any atom is 0.213 e. The van der Waals surface area contributed by atoms with Crippen LogP contribution in [0.15, 0.2) is 0 Å². The lowest BCUT2D eigenvalue weighted by Crippen LogP contribution is -2.57. The number of hydrogen-bond acceptors (Lipinski definition) is 4. The van der Waals surface area contributed by atoms with Crippen molar-refractivity contribution in [2.75, 3.05) is 24.6 Å². The molecule has 0 aliphatic carbocycles. The van der Waals surface area contributed by atoms with Gasteiger partial charge in [0.2, 0.25) is 10.0 Å². The van der Waals surface area contributed by atoms with Gasteiger partial charge in [0, 0.05) is 18.8 Å². The topological polar surface area (TPSA) is 71.5 Å². The van der Waals surface area contributed by atoms with Crippen LogP contribution in [0, 0.1) is 0 Å². The second-order valence-electron chi connectivity index (χ2n) is 3.29. The molecule has 0 spiro atoms. The fourth-order valence-corrected chi connectivity index (χ4v) is 3.93. The van der Waals surface area contributed by atoms with Gasteiger partial charge in [0.05, 0.1) is 11.0 Å². The Hall–Kier alpha value is -0.140. The standard InChI is InChI=1S/C7H15NO4S2/c1-3-13(9,10)7-5-8(6-7)14(11,12)4-2/h7H,3-6H2,1-2H3. The Morgan fingerprint density at radius 2 is 1.57 bits per heavy atom. The van der Waals surface area contributed by atoms with Crippen molar-refractivity contribution in [2.24, 2.45) is 0 Å². The van der Waals surface area contributed by atoms with E-state index in [2.05, 4.69) is 0 Å². The van der Waals surface area contributed by atoms with Crippen LogP contribution in [0.3, 0.4) is 0 Å². The smallest absolute Gasteiger partial charge is 0.213 e. The maximum absolute atomic E-state index is 11.3. The molecule has 14 heavy (non-hydrogen) atoms. The Bertz CT molecular complexity index is 353. The molecule has 5 nitrogen and oxygen atoms in total. The van der Waals surface area contributed by atoms with E-state index in [4.69, 9.17) is 0 Å². The van der Waals surface area contributed by atoms with Crippen molar-refractivity contribution in [1.82, 2.24) is 4.31 Å². The van der Waals surface area contributed by atoms with Crippen LogP contribution in [0.25, 0.3) is 0 Å². The average Bonchev–Trinajstić information content (AvgIpc) is 2.00. The van der Waals surface area contributed by atoms with Gasteiger partial charge >= 0.3 is 0 Å². The van der Waals surface area contributed by atoms with Crippen LogP contribution in [-0.4, -0.2) is 51.0 Å². The summed E-state index contributed by atoms with van der Waals surface area (Å²) in [6, 6.07) is 0. The van der Waals surface area contributed by atoms with Crippen molar-refractivity contribution in [3.63, 3.8) is 0 Å². The first-order valence-electron chi connectivity index (χ1n) is 4.53. The maximum atomic E-state index is 11.3. The number of hydrogen-bond donors (Lipinski definition) is 0. The van der Waals surface area contributed by atoms with Gasteiger partial charge in [-0.15, -0.1) is 0 Å². The van der Waals surface area contributed by atoms with Crippen LogP contribution in [0.5, 0.6) is 0 Å². The van der Waals surface area contributed by atoms with Crippen LogP contribution in [0.1, 0.15) is 13.8 Å². The second kappa shape index (κ2) is 3.79. The third-order valence-corrected chi connectivity index (χ3v) is 6.42. The minimum absolute atomic E-state index is 0.0336. The highest BCUT2D eigenvalue weighted by atomic mass is 32.2. The summed E-state index contributed by atoms with van der Waals surface area (Å²) in [5.41, 5.74) is 0. The summed E-state index contributed by atoms with van der Waals surface area (Å²) in [6.07, 6.45) is 0.